The van der Waals surface area contributed by atoms with E-state index in [1.165, 1.54) is 13.8 Å². The monoisotopic (exact) mass is 1060 g/mol. The maximum Gasteiger partial charge on any atom is 0.245 e. The van der Waals surface area contributed by atoms with Gasteiger partial charge in [-0.3, -0.25) is 33.6 Å². The fourth-order valence-corrected chi connectivity index (χ4v) is 10.6. The van der Waals surface area contributed by atoms with Crippen LogP contribution in [0.5, 0.6) is 0 Å². The summed E-state index contributed by atoms with van der Waals surface area (Å²) < 4.78 is 0. The Morgan fingerprint density at radius 3 is 1.93 bits per heavy atom. The number of nitrogens with one attached hydrogen (secondary N) is 9. The van der Waals surface area contributed by atoms with Crippen LogP contribution in [0.3, 0.4) is 0 Å². The molecule has 4 aromatic rings. The molecule has 7 amide bonds. The zero-order valence-corrected chi connectivity index (χ0v) is 43.8. The number of fused-ring (bicyclic) bond motifs is 1. The minimum absolute atomic E-state index is 0.0312. The van der Waals surface area contributed by atoms with Crippen LogP contribution in [0.4, 0.5) is 0 Å². The number of carbonyl (C=O) groups excluding carboxylic acids is 7. The van der Waals surface area contributed by atoms with E-state index < -0.39 is 108 Å². The number of hydrogen-bond donors (Lipinski definition) is 13. The molecule has 14 N–H and O–H groups in total. The number of aromatic amines is 1. The first-order chi connectivity index (χ1) is 35.5. The second-order valence-corrected chi connectivity index (χ2v) is 21.3. The summed E-state index contributed by atoms with van der Waals surface area (Å²) >= 11 is 0. The Morgan fingerprint density at radius 2 is 1.30 bits per heavy atom. The molecule has 0 spiro atoms. The van der Waals surface area contributed by atoms with Crippen molar-refractivity contribution in [1.82, 2.24) is 47.5 Å². The van der Waals surface area contributed by atoms with Crippen LogP contribution < -0.4 is 48.3 Å². The van der Waals surface area contributed by atoms with Gasteiger partial charge in [0.25, 0.3) is 0 Å². The maximum absolute atomic E-state index is 14.8. The minimum Gasteiger partial charge on any atom is -0.394 e. The van der Waals surface area contributed by atoms with Crippen molar-refractivity contribution < 1.29 is 48.9 Å². The Morgan fingerprint density at radius 1 is 0.703 bits per heavy atom. The summed E-state index contributed by atoms with van der Waals surface area (Å²) in [5.74, 6) is -5.72. The molecule has 5 rings (SSSR count). The number of para-hydroxylation sites is 1. The Kier molecular flexibility index (Phi) is 23.7. The third-order valence-electron chi connectivity index (χ3n) is 12.3. The topological polar surface area (TPSA) is 318 Å². The molecule has 3 aromatic carbocycles. The normalized spacial score (nSPS) is 22.5. The fourth-order valence-electron chi connectivity index (χ4n) is 8.24. The van der Waals surface area contributed by atoms with Gasteiger partial charge in [-0.25, -0.2) is 0 Å². The molecule has 2 heterocycles. The molecule has 0 aliphatic carbocycles. The van der Waals surface area contributed by atoms with Crippen LogP contribution in [0, 0.1) is 0 Å². The van der Waals surface area contributed by atoms with Gasteiger partial charge in [-0.2, -0.15) is 0 Å². The third kappa shape index (κ3) is 18.1. The lowest BCUT2D eigenvalue weighted by Gasteiger charge is -2.29. The molecular formula is C52H72N10O10S2. The number of aliphatic hydroxyl groups is 3. The second kappa shape index (κ2) is 29.8. The van der Waals surface area contributed by atoms with Crippen LogP contribution in [0.1, 0.15) is 63.6 Å². The van der Waals surface area contributed by atoms with Crippen LogP contribution in [0.15, 0.2) is 91.1 Å². The minimum atomic E-state index is -1.66. The van der Waals surface area contributed by atoms with Crippen molar-refractivity contribution in [1.29, 1.82) is 0 Å². The van der Waals surface area contributed by atoms with Gasteiger partial charge in [0, 0.05) is 47.5 Å². The molecule has 0 saturated carbocycles. The van der Waals surface area contributed by atoms with Crippen LogP contribution in [0.25, 0.3) is 10.9 Å². The second-order valence-electron chi connectivity index (χ2n) is 18.7. The summed E-state index contributed by atoms with van der Waals surface area (Å²) in [4.78, 5) is 104. The van der Waals surface area contributed by atoms with Crippen molar-refractivity contribution in [3.8, 4) is 0 Å². The molecule has 1 aliphatic heterocycles. The Labute approximate surface area is 439 Å². The van der Waals surface area contributed by atoms with E-state index in [0.717, 1.165) is 38.1 Å². The highest BCUT2D eigenvalue weighted by Gasteiger charge is 2.37. The van der Waals surface area contributed by atoms with Crippen molar-refractivity contribution in [2.24, 2.45) is 5.73 Å². The summed E-state index contributed by atoms with van der Waals surface area (Å²) in [7, 11) is 2.12. The predicted molar refractivity (Wildman–Crippen MR) is 286 cm³/mol. The number of benzene rings is 3. The van der Waals surface area contributed by atoms with Crippen molar-refractivity contribution in [2.45, 2.75) is 133 Å². The molecule has 1 aliphatic rings. The Hall–Kier alpha value is -6.01. The van der Waals surface area contributed by atoms with E-state index in [-0.39, 0.29) is 49.8 Å². The first-order valence-electron chi connectivity index (χ1n) is 24.9. The maximum atomic E-state index is 14.8. The van der Waals surface area contributed by atoms with Gasteiger partial charge in [0.15, 0.2) is 0 Å². The smallest absolute Gasteiger partial charge is 0.245 e. The molecule has 10 atom stereocenters. The first-order valence-corrected chi connectivity index (χ1v) is 27.4. The number of carbonyl (C=O) groups is 7. The molecule has 1 fully saturated rings. The van der Waals surface area contributed by atoms with Crippen molar-refractivity contribution >= 4 is 73.8 Å². The number of unbranched alkanes of at least 4 members (excludes halogenated alkanes) is 1. The number of H-pyrrole nitrogens is 1. The number of rotatable bonds is 19. The molecule has 22 heteroatoms. The van der Waals surface area contributed by atoms with E-state index in [4.69, 9.17) is 5.73 Å². The van der Waals surface area contributed by atoms with Crippen LogP contribution in [-0.2, 0) is 52.8 Å². The van der Waals surface area contributed by atoms with E-state index >= 15 is 0 Å². The lowest BCUT2D eigenvalue weighted by atomic mass is 10.0. The fraction of sp³-hybridized carbons (Fsp3) is 0.481. The van der Waals surface area contributed by atoms with Crippen molar-refractivity contribution in [3.63, 3.8) is 0 Å². The molecule has 1 saturated heterocycles. The van der Waals surface area contributed by atoms with Gasteiger partial charge in [0.05, 0.1) is 30.9 Å². The van der Waals surface area contributed by atoms with Gasteiger partial charge in [0.2, 0.25) is 41.4 Å². The average molecular weight is 1060 g/mol. The average Bonchev–Trinajstić information content (AvgIpc) is 3.78. The largest absolute Gasteiger partial charge is 0.394 e. The quantitative estimate of drug-likeness (QED) is 0.0442. The molecule has 2 unspecified atom stereocenters. The SMILES string of the molecule is CC(C)N[C@H](Cc1ccccc1)C(=O)N[C@H]1CSSCC(C(=O)N[C@H](CO)[C@@H](C)O)NC(=O)[C@H](C(C)O)NC(=O)[C@H](CCCCN)NC(=O)[C@@H](Cc2c[nH]c3ccccc23)NC(=O)[C@H](Cc2ccccc2)NC1=O. The Balaban J connectivity index is 1.59. The standard InChI is InChI=1S/C52H72N10O10S2/c1-30(2)55-39(23-33-15-7-5-8-16-33)47(67)60-43-28-73-74-29-44(51(71)59-42(27-63)31(3)64)61-52(72)45(32(4)65)62-46(66)38(21-13-14-22-53)56-49(69)41(25-35-26-54-37-20-12-11-19-36(35)37)58-48(68)40(57-50(43)70)24-34-17-9-6-10-18-34/h5-12,15-20,26,30-32,38-45,54-55,63-65H,13-14,21-25,27-29,53H2,1-4H3,(H,56,69)(H,57,70)(H,58,68)(H,59,71)(H,60,67)(H,61,72)(H,62,66)/t31-,32?,38+,39-,40+,41-,42-,43+,44?,45+/m1/s1. The zero-order chi connectivity index (χ0) is 53.7. The van der Waals surface area contributed by atoms with Crippen LogP contribution >= 0.6 is 21.6 Å². The summed E-state index contributed by atoms with van der Waals surface area (Å²) in [6, 6.07) is 15.2. The van der Waals surface area contributed by atoms with Gasteiger partial charge < -0.3 is 68.6 Å². The highest BCUT2D eigenvalue weighted by Crippen LogP contribution is 2.24. The first kappa shape index (κ1) is 58.9. The van der Waals surface area contributed by atoms with Gasteiger partial charge >= 0.3 is 0 Å². The summed E-state index contributed by atoms with van der Waals surface area (Å²) in [5, 5.41) is 54.3. The van der Waals surface area contributed by atoms with Gasteiger partial charge in [-0.05, 0) is 68.8 Å². The predicted octanol–water partition coefficient (Wildman–Crippen LogP) is 0.234. The van der Waals surface area contributed by atoms with Crippen LogP contribution in [-0.4, -0.2) is 153 Å². The van der Waals surface area contributed by atoms with Gasteiger partial charge in [-0.1, -0.05) is 114 Å². The number of aromatic nitrogens is 1. The molecular weight excluding hydrogens is 989 g/mol. The molecule has 1 aromatic heterocycles. The van der Waals surface area contributed by atoms with E-state index in [1.807, 2.05) is 68.4 Å². The summed E-state index contributed by atoms with van der Waals surface area (Å²) in [5.41, 5.74) is 8.77. The molecule has 20 nitrogen and oxygen atoms in total. The van der Waals surface area contributed by atoms with Crippen molar-refractivity contribution in [2.75, 3.05) is 24.7 Å². The lowest BCUT2D eigenvalue weighted by molar-refractivity contribution is -0.136. The zero-order valence-electron chi connectivity index (χ0n) is 42.2. The van der Waals surface area contributed by atoms with Crippen molar-refractivity contribution in [3.05, 3.63) is 108 Å². The van der Waals surface area contributed by atoms with E-state index in [0.29, 0.717) is 24.0 Å². The highest BCUT2D eigenvalue weighted by atomic mass is 33.1. The highest BCUT2D eigenvalue weighted by molar-refractivity contribution is 8.76. The Bertz CT molecular complexity index is 2470. The summed E-state index contributed by atoms with van der Waals surface area (Å²) in [6.45, 7) is 6.03. The van der Waals surface area contributed by atoms with E-state index in [9.17, 15) is 48.9 Å². The number of nitrogens with two attached hydrogens (primary N) is 1. The molecule has 0 bridgehead atoms. The number of hydrogen-bond acceptors (Lipinski definition) is 14. The lowest BCUT2D eigenvalue weighted by Crippen LogP contribution is -2.62. The van der Waals surface area contributed by atoms with E-state index in [1.54, 1.807) is 36.5 Å². The number of amides is 7. The van der Waals surface area contributed by atoms with Gasteiger partial charge in [0.1, 0.15) is 36.3 Å². The van der Waals surface area contributed by atoms with Gasteiger partial charge in [-0.15, -0.1) is 0 Å². The molecule has 0 radical (unpaired) electrons. The number of aliphatic hydroxyl groups excluding tert-OH is 3. The van der Waals surface area contributed by atoms with E-state index in [2.05, 4.69) is 47.5 Å². The molecule has 402 valence electrons. The van der Waals surface area contributed by atoms with Crippen LogP contribution in [0.2, 0.25) is 0 Å². The molecule has 74 heavy (non-hydrogen) atoms. The summed E-state index contributed by atoms with van der Waals surface area (Å²) in [6.07, 6.45) is 0.0248. The third-order valence-corrected chi connectivity index (χ3v) is 14.8.